The van der Waals surface area contributed by atoms with Gasteiger partial charge in [0.2, 0.25) is 10.0 Å². The first-order valence-electron chi connectivity index (χ1n) is 8.21. The first kappa shape index (κ1) is 18.8. The molecule has 0 aromatic heterocycles. The summed E-state index contributed by atoms with van der Waals surface area (Å²) in [5.41, 5.74) is -0.739. The van der Waals surface area contributed by atoms with E-state index >= 15 is 0 Å². The zero-order valence-corrected chi connectivity index (χ0v) is 15.4. The molecule has 0 heterocycles. The summed E-state index contributed by atoms with van der Waals surface area (Å²) in [6.45, 7) is 1.84. The van der Waals surface area contributed by atoms with Crippen molar-refractivity contribution in [2.45, 2.75) is 17.4 Å². The van der Waals surface area contributed by atoms with Gasteiger partial charge in [0.1, 0.15) is 5.82 Å². The van der Waals surface area contributed by atoms with Gasteiger partial charge in [0.15, 0.2) is 5.54 Å². The number of aryl methyl sites for hydroxylation is 1. The predicted octanol–water partition coefficient (Wildman–Crippen LogP) is 3.88. The summed E-state index contributed by atoms with van der Waals surface area (Å²) in [4.78, 5) is -0.00000425. The topological polar surface area (TPSA) is 70.0 Å². The second-order valence-electron chi connectivity index (χ2n) is 6.13. The Morgan fingerprint density at radius 3 is 2.11 bits per heavy atom. The van der Waals surface area contributed by atoms with Gasteiger partial charge in [-0.25, -0.2) is 12.8 Å². The number of hydrogen-bond donors (Lipinski definition) is 1. The van der Waals surface area contributed by atoms with E-state index in [0.29, 0.717) is 5.56 Å². The van der Waals surface area contributed by atoms with Crippen molar-refractivity contribution < 1.29 is 12.8 Å². The zero-order chi connectivity index (χ0) is 19.5. The van der Waals surface area contributed by atoms with Crippen LogP contribution >= 0.6 is 0 Å². The molecule has 0 saturated carbocycles. The lowest BCUT2D eigenvalue weighted by molar-refractivity contribution is 0.517. The highest BCUT2D eigenvalue weighted by atomic mass is 32.2. The molecule has 0 radical (unpaired) electrons. The second kappa shape index (κ2) is 7.31. The third-order valence-electron chi connectivity index (χ3n) is 4.27. The fraction of sp³-hybridized carbons (Fsp3) is 0.0952. The van der Waals surface area contributed by atoms with Gasteiger partial charge in [-0.05, 0) is 30.7 Å². The van der Waals surface area contributed by atoms with Crippen LogP contribution in [0.25, 0.3) is 0 Å². The Balaban J connectivity index is 2.21. The number of halogens is 1. The largest absolute Gasteiger partial charge is 0.242 e. The fourth-order valence-electron chi connectivity index (χ4n) is 2.85. The number of sulfonamides is 1. The van der Waals surface area contributed by atoms with Crippen LogP contribution in [0.2, 0.25) is 0 Å². The maximum absolute atomic E-state index is 14.6. The van der Waals surface area contributed by atoms with Gasteiger partial charge >= 0.3 is 0 Å². The molecular weight excluding hydrogens is 363 g/mol. The molecule has 0 aliphatic rings. The average molecular weight is 380 g/mol. The van der Waals surface area contributed by atoms with Gasteiger partial charge in [0.25, 0.3) is 0 Å². The lowest BCUT2D eigenvalue weighted by Gasteiger charge is -2.29. The Bertz CT molecular complexity index is 1090. The number of rotatable bonds is 5. The molecule has 1 N–H and O–H groups in total. The molecule has 0 unspecified atom stereocenters. The van der Waals surface area contributed by atoms with Crippen molar-refractivity contribution in [1.29, 1.82) is 5.26 Å². The first-order chi connectivity index (χ1) is 12.9. The van der Waals surface area contributed by atoms with Crippen molar-refractivity contribution in [1.82, 2.24) is 4.72 Å². The van der Waals surface area contributed by atoms with Gasteiger partial charge in [-0.1, -0.05) is 66.2 Å². The molecule has 0 saturated heterocycles. The molecular formula is C21H17FN2O2S. The van der Waals surface area contributed by atoms with Crippen LogP contribution in [0.4, 0.5) is 4.39 Å². The molecule has 6 heteroatoms. The Kier molecular flexibility index (Phi) is 5.08. The molecule has 27 heavy (non-hydrogen) atoms. The number of nitrogens with one attached hydrogen (secondary N) is 1. The summed E-state index contributed by atoms with van der Waals surface area (Å²) in [6, 6.07) is 22.1. The zero-order valence-electron chi connectivity index (χ0n) is 14.6. The van der Waals surface area contributed by atoms with E-state index < -0.39 is 21.4 Å². The van der Waals surface area contributed by atoms with Crippen molar-refractivity contribution in [2.24, 2.45) is 0 Å². The van der Waals surface area contributed by atoms with E-state index in [4.69, 9.17) is 0 Å². The van der Waals surface area contributed by atoms with Crippen LogP contribution in [0.15, 0.2) is 83.8 Å². The number of benzene rings is 3. The monoisotopic (exact) mass is 380 g/mol. The maximum Gasteiger partial charge on any atom is 0.242 e. The van der Waals surface area contributed by atoms with E-state index in [-0.39, 0.29) is 10.5 Å². The smallest absolute Gasteiger partial charge is 0.207 e. The maximum atomic E-state index is 14.6. The summed E-state index contributed by atoms with van der Waals surface area (Å²) < 4.78 is 43.0. The Labute approximate surface area is 158 Å². The molecule has 1 atom stereocenters. The van der Waals surface area contributed by atoms with Crippen molar-refractivity contribution in [3.05, 3.63) is 101 Å². The van der Waals surface area contributed by atoms with Crippen LogP contribution in [0, 0.1) is 24.1 Å². The Morgan fingerprint density at radius 1 is 0.926 bits per heavy atom. The van der Waals surface area contributed by atoms with E-state index in [9.17, 15) is 18.1 Å². The normalized spacial score (nSPS) is 13.5. The molecule has 3 aromatic rings. The summed E-state index contributed by atoms with van der Waals surface area (Å²) in [7, 11) is -4.10. The first-order valence-corrected chi connectivity index (χ1v) is 9.70. The van der Waals surface area contributed by atoms with Gasteiger partial charge in [-0.3, -0.25) is 0 Å². The van der Waals surface area contributed by atoms with Gasteiger partial charge in [-0.15, -0.1) is 0 Å². The lowest BCUT2D eigenvalue weighted by atomic mass is 9.85. The number of nitrogens with zero attached hydrogens (tertiary/aromatic N) is 1. The van der Waals surface area contributed by atoms with Crippen LogP contribution in [0.1, 0.15) is 16.7 Å². The molecule has 0 bridgehead atoms. The van der Waals surface area contributed by atoms with Gasteiger partial charge in [0.05, 0.1) is 11.0 Å². The molecule has 3 rings (SSSR count). The van der Waals surface area contributed by atoms with Crippen molar-refractivity contribution in [3.63, 3.8) is 0 Å². The lowest BCUT2D eigenvalue weighted by Crippen LogP contribution is -2.46. The molecule has 0 spiro atoms. The minimum absolute atomic E-state index is 0.00000425. The molecule has 0 fully saturated rings. The highest BCUT2D eigenvalue weighted by molar-refractivity contribution is 7.89. The van der Waals surface area contributed by atoms with E-state index in [1.807, 2.05) is 13.0 Å². The third-order valence-corrected chi connectivity index (χ3v) is 5.74. The van der Waals surface area contributed by atoms with Crippen molar-refractivity contribution in [3.8, 4) is 6.07 Å². The summed E-state index contributed by atoms with van der Waals surface area (Å²) in [5.74, 6) is -0.672. The second-order valence-corrected chi connectivity index (χ2v) is 7.81. The van der Waals surface area contributed by atoms with E-state index in [0.717, 1.165) is 5.56 Å². The number of hydrogen-bond acceptors (Lipinski definition) is 3. The average Bonchev–Trinajstić information content (AvgIpc) is 2.68. The summed E-state index contributed by atoms with van der Waals surface area (Å²) in [6.07, 6.45) is 0. The van der Waals surface area contributed by atoms with Crippen LogP contribution in [-0.2, 0) is 15.6 Å². The quantitative estimate of drug-likeness (QED) is 0.730. The predicted molar refractivity (Wildman–Crippen MR) is 101 cm³/mol. The fourth-order valence-corrected chi connectivity index (χ4v) is 4.14. The molecule has 3 aromatic carbocycles. The molecule has 136 valence electrons. The van der Waals surface area contributed by atoms with Gasteiger partial charge in [-0.2, -0.15) is 9.98 Å². The van der Waals surface area contributed by atoms with E-state index in [1.54, 1.807) is 48.5 Å². The van der Waals surface area contributed by atoms with Gasteiger partial charge in [0, 0.05) is 5.56 Å². The van der Waals surface area contributed by atoms with E-state index in [1.165, 1.54) is 30.3 Å². The number of nitriles is 1. The van der Waals surface area contributed by atoms with Crippen LogP contribution < -0.4 is 4.72 Å². The Hall–Kier alpha value is -3.01. The van der Waals surface area contributed by atoms with E-state index in [2.05, 4.69) is 4.72 Å². The molecule has 4 nitrogen and oxygen atoms in total. The molecule has 0 aliphatic heterocycles. The minimum atomic E-state index is -4.10. The van der Waals surface area contributed by atoms with Crippen LogP contribution in [-0.4, -0.2) is 8.42 Å². The minimum Gasteiger partial charge on any atom is -0.207 e. The Morgan fingerprint density at radius 2 is 1.52 bits per heavy atom. The standard InChI is InChI=1S/C21H17FN2O2S/c1-16-11-13-18(14-12-16)27(25,26)24-21(15-23,17-7-3-2-4-8-17)19-9-5-6-10-20(19)22/h2-14,24H,1H3/t21-/m1/s1. The highest BCUT2D eigenvalue weighted by Gasteiger charge is 2.41. The van der Waals surface area contributed by atoms with Crippen LogP contribution in [0.3, 0.4) is 0 Å². The van der Waals surface area contributed by atoms with Crippen LogP contribution in [0.5, 0.6) is 0 Å². The summed E-state index contributed by atoms with van der Waals surface area (Å²) in [5, 5.41) is 10.0. The third kappa shape index (κ3) is 3.61. The summed E-state index contributed by atoms with van der Waals surface area (Å²) >= 11 is 0. The molecule has 0 aliphatic carbocycles. The van der Waals surface area contributed by atoms with Crippen molar-refractivity contribution >= 4 is 10.0 Å². The van der Waals surface area contributed by atoms with Gasteiger partial charge < -0.3 is 0 Å². The van der Waals surface area contributed by atoms with Crippen molar-refractivity contribution in [2.75, 3.05) is 0 Å². The SMILES string of the molecule is Cc1ccc(S(=O)(=O)N[C@](C#N)(c2ccccc2)c2ccccc2F)cc1. The highest BCUT2D eigenvalue weighted by Crippen LogP contribution is 2.33. The molecule has 0 amide bonds.